The van der Waals surface area contributed by atoms with Crippen LogP contribution in [-0.2, 0) is 13.0 Å². The van der Waals surface area contributed by atoms with Gasteiger partial charge in [0.2, 0.25) is 5.95 Å². The number of aryl methyl sites for hydroxylation is 1. The van der Waals surface area contributed by atoms with Gasteiger partial charge in [-0.3, -0.25) is 4.79 Å². The second-order valence-corrected chi connectivity index (χ2v) is 5.88. The topological polar surface area (TPSA) is 68.0 Å². The molecule has 0 saturated carbocycles. The van der Waals surface area contributed by atoms with Crippen molar-refractivity contribution in [3.8, 4) is 0 Å². The molecule has 0 atom stereocenters. The predicted octanol–water partition coefficient (Wildman–Crippen LogP) is 3.86. The molecule has 1 heterocycles. The molecule has 0 unspecified atom stereocenters. The highest BCUT2D eigenvalue weighted by molar-refractivity contribution is 5.98. The molecule has 0 radical (unpaired) electrons. The number of unbranched alkanes of at least 4 members (excludes halogenated alkanes) is 3. The van der Waals surface area contributed by atoms with E-state index in [0.29, 0.717) is 6.54 Å². The number of nitrogens with zero attached hydrogens (tertiary/aromatic N) is 1. The third-order valence-corrected chi connectivity index (χ3v) is 3.93. The lowest BCUT2D eigenvalue weighted by Crippen LogP contribution is -2.24. The standard InChI is InChI=1S/C19H24FN3O/c1-2-3-4-5-6-14-7-9-15(10-8-14)13-22-19(24)16-11-12-17(20)23-18(16)21/h7-12H,2-6,13H2,1H3,(H2,21,23)(H,22,24). The Bertz CT molecular complexity index is 671. The van der Waals surface area contributed by atoms with E-state index in [-0.39, 0.29) is 17.3 Å². The number of aromatic nitrogens is 1. The average Bonchev–Trinajstić information content (AvgIpc) is 2.57. The Kier molecular flexibility index (Phi) is 6.73. The second-order valence-electron chi connectivity index (χ2n) is 5.88. The molecule has 24 heavy (non-hydrogen) atoms. The molecule has 0 bridgehead atoms. The molecule has 1 aromatic carbocycles. The van der Waals surface area contributed by atoms with Crippen molar-refractivity contribution >= 4 is 11.7 Å². The minimum absolute atomic E-state index is 0.102. The smallest absolute Gasteiger partial charge is 0.255 e. The Labute approximate surface area is 142 Å². The summed E-state index contributed by atoms with van der Waals surface area (Å²) in [7, 11) is 0. The van der Waals surface area contributed by atoms with Gasteiger partial charge in [0, 0.05) is 6.54 Å². The van der Waals surface area contributed by atoms with Crippen LogP contribution in [0.15, 0.2) is 36.4 Å². The Balaban J connectivity index is 1.84. The van der Waals surface area contributed by atoms with Crippen molar-refractivity contribution in [2.24, 2.45) is 0 Å². The highest BCUT2D eigenvalue weighted by Gasteiger charge is 2.11. The van der Waals surface area contributed by atoms with Gasteiger partial charge in [-0.2, -0.15) is 4.39 Å². The fourth-order valence-electron chi connectivity index (χ4n) is 2.50. The number of benzene rings is 1. The zero-order chi connectivity index (χ0) is 17.4. The number of pyridine rings is 1. The van der Waals surface area contributed by atoms with Crippen molar-refractivity contribution in [1.29, 1.82) is 0 Å². The molecule has 0 saturated heterocycles. The lowest BCUT2D eigenvalue weighted by atomic mass is 10.0. The molecule has 2 aromatic rings. The number of hydrogen-bond donors (Lipinski definition) is 2. The number of carbonyl (C=O) groups is 1. The maximum atomic E-state index is 12.9. The van der Waals surface area contributed by atoms with Crippen LogP contribution in [0.25, 0.3) is 0 Å². The Morgan fingerprint density at radius 2 is 1.79 bits per heavy atom. The number of nitrogens with two attached hydrogens (primary N) is 1. The van der Waals surface area contributed by atoms with Crippen LogP contribution in [0, 0.1) is 5.95 Å². The summed E-state index contributed by atoms with van der Waals surface area (Å²) in [6.45, 7) is 2.60. The number of rotatable bonds is 8. The lowest BCUT2D eigenvalue weighted by molar-refractivity contribution is 0.0951. The molecule has 3 N–H and O–H groups in total. The molecule has 2 rings (SSSR count). The van der Waals surface area contributed by atoms with Gasteiger partial charge in [-0.15, -0.1) is 0 Å². The molecular weight excluding hydrogens is 305 g/mol. The van der Waals surface area contributed by atoms with Gasteiger partial charge in [0.05, 0.1) is 5.56 Å². The van der Waals surface area contributed by atoms with Gasteiger partial charge in [-0.25, -0.2) is 4.98 Å². The summed E-state index contributed by atoms with van der Waals surface area (Å²) < 4.78 is 12.9. The fourth-order valence-corrected chi connectivity index (χ4v) is 2.50. The summed E-state index contributed by atoms with van der Waals surface area (Å²) in [4.78, 5) is 15.5. The third-order valence-electron chi connectivity index (χ3n) is 3.93. The molecule has 0 aliphatic carbocycles. The van der Waals surface area contributed by atoms with E-state index < -0.39 is 5.95 Å². The van der Waals surface area contributed by atoms with E-state index in [2.05, 4.69) is 29.4 Å². The summed E-state index contributed by atoms with van der Waals surface area (Å²) in [6, 6.07) is 10.7. The van der Waals surface area contributed by atoms with Crippen LogP contribution in [0.5, 0.6) is 0 Å². The molecule has 0 aliphatic rings. The predicted molar refractivity (Wildman–Crippen MR) is 94.1 cm³/mol. The zero-order valence-corrected chi connectivity index (χ0v) is 14.0. The van der Waals surface area contributed by atoms with Crippen LogP contribution in [-0.4, -0.2) is 10.9 Å². The first-order valence-corrected chi connectivity index (χ1v) is 8.38. The van der Waals surface area contributed by atoms with E-state index in [9.17, 15) is 9.18 Å². The first-order valence-electron chi connectivity index (χ1n) is 8.38. The molecule has 4 nitrogen and oxygen atoms in total. The highest BCUT2D eigenvalue weighted by atomic mass is 19.1. The summed E-state index contributed by atoms with van der Waals surface area (Å²) in [5, 5.41) is 2.77. The van der Waals surface area contributed by atoms with Crippen LogP contribution in [0.3, 0.4) is 0 Å². The van der Waals surface area contributed by atoms with E-state index in [1.807, 2.05) is 12.1 Å². The van der Waals surface area contributed by atoms with Crippen molar-refractivity contribution in [1.82, 2.24) is 10.3 Å². The SMILES string of the molecule is CCCCCCc1ccc(CNC(=O)c2ccc(F)nc2N)cc1. The van der Waals surface area contributed by atoms with Gasteiger partial charge in [0.25, 0.3) is 5.91 Å². The minimum atomic E-state index is -0.696. The molecule has 1 amide bonds. The number of nitrogen functional groups attached to an aromatic ring is 1. The number of anilines is 1. The fraction of sp³-hybridized carbons (Fsp3) is 0.368. The Morgan fingerprint density at radius 3 is 2.46 bits per heavy atom. The van der Waals surface area contributed by atoms with Gasteiger partial charge in [-0.1, -0.05) is 50.5 Å². The van der Waals surface area contributed by atoms with Crippen molar-refractivity contribution in [2.75, 3.05) is 5.73 Å². The molecule has 0 fully saturated rings. The van der Waals surface area contributed by atoms with Gasteiger partial charge in [0.1, 0.15) is 5.82 Å². The third kappa shape index (κ3) is 5.33. The number of halogens is 1. The van der Waals surface area contributed by atoms with E-state index >= 15 is 0 Å². The second kappa shape index (κ2) is 9.01. The van der Waals surface area contributed by atoms with Crippen LogP contribution in [0.4, 0.5) is 10.2 Å². The largest absolute Gasteiger partial charge is 0.383 e. The van der Waals surface area contributed by atoms with Gasteiger partial charge in [0.15, 0.2) is 0 Å². The van der Waals surface area contributed by atoms with Crippen molar-refractivity contribution < 1.29 is 9.18 Å². The molecule has 128 valence electrons. The molecule has 5 heteroatoms. The lowest BCUT2D eigenvalue weighted by Gasteiger charge is -2.08. The molecular formula is C19H24FN3O. The minimum Gasteiger partial charge on any atom is -0.383 e. The summed E-state index contributed by atoms with van der Waals surface area (Å²) >= 11 is 0. The van der Waals surface area contributed by atoms with E-state index in [1.165, 1.54) is 37.3 Å². The number of carbonyl (C=O) groups excluding carboxylic acids is 1. The first-order chi connectivity index (χ1) is 11.6. The van der Waals surface area contributed by atoms with E-state index in [0.717, 1.165) is 18.1 Å². The quantitative estimate of drug-likeness (QED) is 0.571. The molecule has 0 spiro atoms. The number of hydrogen-bond acceptors (Lipinski definition) is 3. The average molecular weight is 329 g/mol. The zero-order valence-electron chi connectivity index (χ0n) is 14.0. The number of nitrogens with one attached hydrogen (secondary N) is 1. The van der Waals surface area contributed by atoms with Gasteiger partial charge in [-0.05, 0) is 36.1 Å². The van der Waals surface area contributed by atoms with Crippen molar-refractivity contribution in [3.63, 3.8) is 0 Å². The van der Waals surface area contributed by atoms with Crippen molar-refractivity contribution in [2.45, 2.75) is 45.6 Å². The van der Waals surface area contributed by atoms with Crippen LogP contribution in [0.1, 0.15) is 54.1 Å². The number of amides is 1. The molecule has 1 aromatic heterocycles. The van der Waals surface area contributed by atoms with Gasteiger partial charge < -0.3 is 11.1 Å². The van der Waals surface area contributed by atoms with E-state index in [4.69, 9.17) is 5.73 Å². The Morgan fingerprint density at radius 1 is 1.08 bits per heavy atom. The Hall–Kier alpha value is -2.43. The van der Waals surface area contributed by atoms with Crippen LogP contribution >= 0.6 is 0 Å². The maximum absolute atomic E-state index is 12.9. The highest BCUT2D eigenvalue weighted by Crippen LogP contribution is 2.11. The summed E-state index contributed by atoms with van der Waals surface area (Å²) in [5.41, 5.74) is 8.07. The van der Waals surface area contributed by atoms with Crippen LogP contribution in [0.2, 0.25) is 0 Å². The normalized spacial score (nSPS) is 10.6. The molecule has 0 aliphatic heterocycles. The summed E-state index contributed by atoms with van der Waals surface area (Å²) in [6.07, 6.45) is 6.09. The maximum Gasteiger partial charge on any atom is 0.255 e. The first kappa shape index (κ1) is 17.9. The van der Waals surface area contributed by atoms with Gasteiger partial charge >= 0.3 is 0 Å². The van der Waals surface area contributed by atoms with Crippen molar-refractivity contribution in [3.05, 3.63) is 59.0 Å². The summed E-state index contributed by atoms with van der Waals surface area (Å²) in [5.74, 6) is -1.16. The monoisotopic (exact) mass is 329 g/mol. The van der Waals surface area contributed by atoms with Crippen LogP contribution < -0.4 is 11.1 Å². The van der Waals surface area contributed by atoms with E-state index in [1.54, 1.807) is 0 Å².